The van der Waals surface area contributed by atoms with Crippen molar-refractivity contribution in [2.45, 2.75) is 24.1 Å². The Kier molecular flexibility index (Phi) is 4.89. The average molecular weight is 301 g/mol. The maximum atomic E-state index is 11.1. The number of azide groups is 1. The Hall–Kier alpha value is -1.18. The number of nitrogens with zero attached hydrogens (tertiary/aromatic N) is 3. The molecule has 4 atom stereocenters. The molecule has 12 nitrogen and oxygen atoms in total. The highest BCUT2D eigenvalue weighted by Gasteiger charge is 2.50. The van der Waals surface area contributed by atoms with E-state index in [2.05, 4.69) is 18.5 Å². The zero-order valence-corrected chi connectivity index (χ0v) is 10.0. The van der Waals surface area contributed by atoms with Gasteiger partial charge in [-0.1, -0.05) is 0 Å². The first-order valence-electron chi connectivity index (χ1n) is 4.75. The molecule has 1 aliphatic heterocycles. The maximum absolute atomic E-state index is 11.1. The molecule has 13 heteroatoms. The van der Waals surface area contributed by atoms with Gasteiger partial charge in [0.05, 0.1) is 13.2 Å². The molecular formula is C6H11N3O9S. The number of hydrogen-bond acceptors (Lipinski definition) is 10. The third-order valence-corrected chi connectivity index (χ3v) is 3.03. The highest BCUT2D eigenvalue weighted by Crippen LogP contribution is 2.26. The van der Waals surface area contributed by atoms with Gasteiger partial charge in [0, 0.05) is 4.91 Å². The predicted octanol–water partition coefficient (Wildman–Crippen LogP) is -2.71. The van der Waals surface area contributed by atoms with Gasteiger partial charge in [0.15, 0.2) is 0 Å². The summed E-state index contributed by atoms with van der Waals surface area (Å²) in [5.41, 5.74) is 7.87. The third-order valence-electron chi connectivity index (χ3n) is 2.29. The highest BCUT2D eigenvalue weighted by atomic mass is 32.3. The van der Waals surface area contributed by atoms with E-state index in [-0.39, 0.29) is 0 Å². The monoisotopic (exact) mass is 301 g/mol. The Morgan fingerprint density at radius 3 is 2.68 bits per heavy atom. The zero-order valence-electron chi connectivity index (χ0n) is 9.23. The minimum Gasteiger partial charge on any atom is -0.391 e. The van der Waals surface area contributed by atoms with Gasteiger partial charge in [-0.15, -0.1) is 0 Å². The number of aliphatic hydroxyl groups is 4. The lowest BCUT2D eigenvalue weighted by Gasteiger charge is -2.41. The van der Waals surface area contributed by atoms with E-state index in [1.807, 2.05) is 4.91 Å². The molecular weight excluding hydrogens is 290 g/mol. The van der Waals surface area contributed by atoms with Gasteiger partial charge in [-0.3, -0.25) is 4.28 Å². The molecule has 0 aliphatic carbocycles. The third kappa shape index (κ3) is 3.65. The van der Waals surface area contributed by atoms with E-state index in [0.29, 0.717) is 0 Å². The van der Waals surface area contributed by atoms with Crippen LogP contribution in [0.25, 0.3) is 10.4 Å². The quantitative estimate of drug-likeness (QED) is 0.181. The summed E-state index contributed by atoms with van der Waals surface area (Å²) in [5, 5.41) is 39.6. The van der Waals surface area contributed by atoms with Crippen LogP contribution in [0.3, 0.4) is 0 Å². The molecule has 0 spiro atoms. The topological polar surface area (TPSA) is 192 Å². The maximum Gasteiger partial charge on any atom is 0.455 e. The van der Waals surface area contributed by atoms with E-state index in [4.69, 9.17) is 10.6 Å². The van der Waals surface area contributed by atoms with E-state index < -0.39 is 47.7 Å². The number of ether oxygens (including phenoxy) is 1. The van der Waals surface area contributed by atoms with Crippen molar-refractivity contribution < 1.29 is 42.0 Å². The number of rotatable bonds is 5. The molecule has 110 valence electrons. The molecule has 0 aromatic rings. The fraction of sp³-hybridized carbons (Fsp3) is 1.00. The van der Waals surface area contributed by atoms with Crippen molar-refractivity contribution >= 4 is 10.4 Å². The van der Waals surface area contributed by atoms with Gasteiger partial charge in [0.25, 0.3) is 0 Å². The molecule has 0 radical (unpaired) electrons. The van der Waals surface area contributed by atoms with Gasteiger partial charge < -0.3 is 25.2 Å². The van der Waals surface area contributed by atoms with Gasteiger partial charge in [0.1, 0.15) is 23.6 Å². The largest absolute Gasteiger partial charge is 0.455 e. The van der Waals surface area contributed by atoms with Gasteiger partial charge in [0.2, 0.25) is 5.79 Å². The molecule has 0 aromatic carbocycles. The van der Waals surface area contributed by atoms with Crippen molar-refractivity contribution in [2.75, 3.05) is 13.2 Å². The van der Waals surface area contributed by atoms with Gasteiger partial charge >= 0.3 is 10.4 Å². The molecule has 0 saturated carbocycles. The molecule has 1 rings (SSSR count). The molecule has 1 aliphatic rings. The zero-order chi connectivity index (χ0) is 14.7. The molecule has 1 saturated heterocycles. The average Bonchev–Trinajstić information content (AvgIpc) is 2.37. The van der Waals surface area contributed by atoms with Crippen molar-refractivity contribution in [3.05, 3.63) is 10.4 Å². The van der Waals surface area contributed by atoms with Gasteiger partial charge in [-0.25, -0.2) is 4.18 Å². The molecule has 1 fully saturated rings. The fourth-order valence-corrected chi connectivity index (χ4v) is 1.95. The Balaban J connectivity index is 2.75. The summed E-state index contributed by atoms with van der Waals surface area (Å²) in [5.74, 6) is -2.44. The molecule has 0 amide bonds. The van der Waals surface area contributed by atoms with Gasteiger partial charge in [-0.2, -0.15) is 8.42 Å². The molecule has 4 N–H and O–H groups in total. The summed E-state index contributed by atoms with van der Waals surface area (Å²) in [4.78, 5) is 2.01. The first-order chi connectivity index (χ1) is 8.75. The van der Waals surface area contributed by atoms with E-state index in [1.54, 1.807) is 0 Å². The second kappa shape index (κ2) is 5.85. The van der Waals surface area contributed by atoms with E-state index in [9.17, 15) is 23.7 Å². The first-order valence-corrected chi connectivity index (χ1v) is 6.08. The standard InChI is InChI=1S/C6H11N3O9S/c7-8-9-18-19(14,15)17-3-1-16-6(13,2-10)5(12)4(3)11/h3-5,10-13H,1-2H2/t3-,4-,5+,6?/m1/s1. The lowest BCUT2D eigenvalue weighted by molar-refractivity contribution is -0.328. The summed E-state index contributed by atoms with van der Waals surface area (Å²) in [6, 6.07) is 0. The first kappa shape index (κ1) is 15.9. The second-order valence-electron chi connectivity index (χ2n) is 3.54. The molecule has 1 unspecified atom stereocenters. The molecule has 0 bridgehead atoms. The van der Waals surface area contributed by atoms with Crippen LogP contribution in [0.1, 0.15) is 0 Å². The van der Waals surface area contributed by atoms with Crippen molar-refractivity contribution in [3.63, 3.8) is 0 Å². The summed E-state index contributed by atoms with van der Waals surface area (Å²) in [6.07, 6.45) is -5.54. The lowest BCUT2D eigenvalue weighted by atomic mass is 9.98. The van der Waals surface area contributed by atoms with Crippen LogP contribution in [0, 0.1) is 0 Å². The minimum absolute atomic E-state index is 0.672. The van der Waals surface area contributed by atoms with Crippen molar-refractivity contribution in [1.82, 2.24) is 0 Å². The van der Waals surface area contributed by atoms with Crippen LogP contribution in [-0.2, 0) is 23.6 Å². The highest BCUT2D eigenvalue weighted by molar-refractivity contribution is 7.81. The van der Waals surface area contributed by atoms with Crippen LogP contribution < -0.4 is 0 Å². The fourth-order valence-electron chi connectivity index (χ4n) is 1.33. The normalized spacial score (nSPS) is 35.5. The van der Waals surface area contributed by atoms with Crippen LogP contribution in [0.2, 0.25) is 0 Å². The smallest absolute Gasteiger partial charge is 0.391 e. The minimum atomic E-state index is -4.76. The van der Waals surface area contributed by atoms with Crippen molar-refractivity contribution in [3.8, 4) is 0 Å². The predicted molar refractivity (Wildman–Crippen MR) is 54.0 cm³/mol. The Labute approximate surface area is 106 Å². The van der Waals surface area contributed by atoms with Gasteiger partial charge in [-0.05, 0) is 5.53 Å². The van der Waals surface area contributed by atoms with E-state index >= 15 is 0 Å². The van der Waals surface area contributed by atoms with Crippen LogP contribution in [-0.4, -0.2) is 66.2 Å². The Morgan fingerprint density at radius 1 is 1.53 bits per heavy atom. The lowest BCUT2D eigenvalue weighted by Crippen LogP contribution is -2.63. The van der Waals surface area contributed by atoms with Crippen LogP contribution in [0.4, 0.5) is 0 Å². The summed E-state index contributed by atoms with van der Waals surface area (Å²) in [7, 11) is -4.76. The van der Waals surface area contributed by atoms with E-state index in [0.717, 1.165) is 0 Å². The summed E-state index contributed by atoms with van der Waals surface area (Å²) < 4.78 is 34.7. The number of aliphatic hydroxyl groups excluding tert-OH is 3. The molecule has 1 heterocycles. The van der Waals surface area contributed by atoms with Crippen molar-refractivity contribution in [1.29, 1.82) is 0 Å². The summed E-state index contributed by atoms with van der Waals surface area (Å²) >= 11 is 0. The van der Waals surface area contributed by atoms with Crippen LogP contribution in [0.5, 0.6) is 0 Å². The Morgan fingerprint density at radius 2 is 2.16 bits per heavy atom. The van der Waals surface area contributed by atoms with E-state index in [1.165, 1.54) is 0 Å². The van der Waals surface area contributed by atoms with Crippen LogP contribution in [0.15, 0.2) is 5.28 Å². The van der Waals surface area contributed by atoms with Crippen molar-refractivity contribution in [2.24, 2.45) is 5.28 Å². The Bertz CT molecular complexity index is 463. The molecule has 19 heavy (non-hydrogen) atoms. The number of hydrogen-bond donors (Lipinski definition) is 4. The SMILES string of the molecule is [N-]=[N+]=NOS(=O)(=O)O[C@@H]1COC(O)(CO)[C@@H](O)[C@@H]1O. The molecule has 0 aromatic heterocycles. The van der Waals surface area contributed by atoms with Crippen LogP contribution >= 0.6 is 0 Å². The second-order valence-corrected chi connectivity index (χ2v) is 4.70. The summed E-state index contributed by atoms with van der Waals surface area (Å²) in [6.45, 7) is -1.70.